The van der Waals surface area contributed by atoms with E-state index in [4.69, 9.17) is 0 Å². The first-order chi connectivity index (χ1) is 39.4. The Morgan fingerprint density at radius 2 is 0.580 bits per heavy atom. The van der Waals surface area contributed by atoms with Gasteiger partial charge in [0.25, 0.3) is 0 Å². The summed E-state index contributed by atoms with van der Waals surface area (Å²) in [5, 5.41) is 0. The first-order valence-corrected chi connectivity index (χ1v) is 33.4. The van der Waals surface area contributed by atoms with Crippen molar-refractivity contribution in [2.75, 3.05) is 23.0 Å². The molecule has 9 aromatic rings. The standard InChI is InChI=1S/C20H23OS.C20H17OS.C18H21OS.C15H15OS/c2*21-20(17-10-4-1-5-11-17)16-22(18-12-6-2-7-13-18)19-14-8-3-9-15-19;1-18(2,3)17(19)14-20(15-10-6-4-7-11-15)16-12-8-5-9-13-16;1-13(16)12-17(14-8-4-2-5-9-14)15-10-6-3-7-11-15/h2-3,6-9,12-15,17H,1,4-5,10-11,16H2;1-15H,16H2;4-13H,14H2,1-3H3;2-11H,12H2,1H3/q4*+1. The van der Waals surface area contributed by atoms with Gasteiger partial charge in [0.15, 0.2) is 79.5 Å². The molecule has 1 aliphatic carbocycles. The number of hydrogen-bond acceptors (Lipinski definition) is 4. The summed E-state index contributed by atoms with van der Waals surface area (Å²) < 4.78 is 0. The van der Waals surface area contributed by atoms with Gasteiger partial charge in [-0.1, -0.05) is 216 Å². The molecule has 0 atom stereocenters. The van der Waals surface area contributed by atoms with Gasteiger partial charge in [-0.3, -0.25) is 19.2 Å². The maximum atomic E-state index is 12.8. The second-order valence-electron chi connectivity index (χ2n) is 20.6. The van der Waals surface area contributed by atoms with E-state index in [-0.39, 0.29) is 60.6 Å². The van der Waals surface area contributed by atoms with Gasteiger partial charge in [-0.25, -0.2) is 0 Å². The van der Waals surface area contributed by atoms with Gasteiger partial charge in [0, 0.05) is 16.9 Å². The fraction of sp³-hybridized carbons (Fsp3) is 0.205. The van der Waals surface area contributed by atoms with E-state index < -0.39 is 0 Å². The number of rotatable bonds is 18. The molecule has 0 spiro atoms. The van der Waals surface area contributed by atoms with E-state index in [2.05, 4.69) is 121 Å². The van der Waals surface area contributed by atoms with Crippen LogP contribution in [0.4, 0.5) is 0 Å². The van der Waals surface area contributed by atoms with Crippen molar-refractivity contribution in [2.24, 2.45) is 11.3 Å². The second-order valence-corrected chi connectivity index (χ2v) is 28.7. The van der Waals surface area contributed by atoms with Crippen LogP contribution >= 0.6 is 0 Å². The van der Waals surface area contributed by atoms with E-state index in [0.29, 0.717) is 40.5 Å². The van der Waals surface area contributed by atoms with E-state index in [1.54, 1.807) is 6.92 Å². The van der Waals surface area contributed by atoms with Crippen molar-refractivity contribution >= 4 is 66.7 Å². The van der Waals surface area contributed by atoms with Crippen LogP contribution in [-0.2, 0) is 58.0 Å². The number of benzene rings is 9. The summed E-state index contributed by atoms with van der Waals surface area (Å²) in [6.07, 6.45) is 5.94. The molecule has 9 aromatic carbocycles. The predicted octanol–water partition coefficient (Wildman–Crippen LogP) is 17.1. The van der Waals surface area contributed by atoms with Gasteiger partial charge in [-0.2, -0.15) is 0 Å². The number of hydrogen-bond donors (Lipinski definition) is 0. The van der Waals surface area contributed by atoms with Crippen LogP contribution in [0.2, 0.25) is 0 Å². The molecule has 81 heavy (non-hydrogen) atoms. The lowest BCUT2D eigenvalue weighted by Gasteiger charge is -2.20. The minimum Gasteiger partial charge on any atom is -0.295 e. The zero-order valence-corrected chi connectivity index (χ0v) is 50.5. The van der Waals surface area contributed by atoms with E-state index in [1.165, 1.54) is 58.4 Å². The normalized spacial score (nSPS) is 12.2. The fourth-order valence-electron chi connectivity index (χ4n) is 8.96. The molecule has 4 nitrogen and oxygen atoms in total. The Labute approximate surface area is 494 Å². The average molecular weight is 1150 g/mol. The van der Waals surface area contributed by atoms with Gasteiger partial charge in [-0.15, -0.1) is 0 Å². The van der Waals surface area contributed by atoms with Gasteiger partial charge in [-0.05, 0) is 117 Å². The lowest BCUT2D eigenvalue weighted by Crippen LogP contribution is -2.28. The maximum Gasteiger partial charge on any atom is 0.212 e. The van der Waals surface area contributed by atoms with Crippen LogP contribution < -0.4 is 0 Å². The maximum absolute atomic E-state index is 12.8. The Morgan fingerprint density at radius 3 is 0.852 bits per heavy atom. The smallest absolute Gasteiger partial charge is 0.212 e. The van der Waals surface area contributed by atoms with E-state index >= 15 is 0 Å². The van der Waals surface area contributed by atoms with Crippen LogP contribution in [0.3, 0.4) is 0 Å². The summed E-state index contributed by atoms with van der Waals surface area (Å²) in [5.41, 5.74) is 0.501. The molecule has 0 bridgehead atoms. The monoisotopic (exact) mass is 1140 g/mol. The SMILES string of the molecule is CC(=O)C[S+](c1ccccc1)c1ccccc1.CC(C)(C)C(=O)C[S+](c1ccccc1)c1ccccc1.O=C(C[S+](c1ccccc1)c1ccccc1)C1CCCCC1.O=C(C[S+](c1ccccc1)c1ccccc1)c1ccccc1. The molecule has 1 fully saturated rings. The Morgan fingerprint density at radius 1 is 0.333 bits per heavy atom. The van der Waals surface area contributed by atoms with Gasteiger partial charge >= 0.3 is 0 Å². The van der Waals surface area contributed by atoms with Crippen LogP contribution in [0, 0.1) is 11.3 Å². The summed E-state index contributed by atoms with van der Waals surface area (Å²) >= 11 is 0. The largest absolute Gasteiger partial charge is 0.295 e. The molecule has 0 N–H and O–H groups in total. The van der Waals surface area contributed by atoms with E-state index in [9.17, 15) is 19.2 Å². The fourth-order valence-corrected chi connectivity index (χ4v) is 17.3. The molecule has 0 saturated heterocycles. The number of ketones is 4. The third-order valence-corrected chi connectivity index (χ3v) is 22.5. The second kappa shape index (κ2) is 33.1. The zero-order chi connectivity index (χ0) is 57.1. The molecule has 1 saturated carbocycles. The van der Waals surface area contributed by atoms with Crippen LogP contribution in [0.5, 0.6) is 0 Å². The Bertz CT molecular complexity index is 3070. The third kappa shape index (κ3) is 20.2. The molecule has 10 rings (SSSR count). The summed E-state index contributed by atoms with van der Waals surface area (Å²) in [6.45, 7) is 7.64. The van der Waals surface area contributed by atoms with Crippen molar-refractivity contribution in [2.45, 2.75) is 99.0 Å². The van der Waals surface area contributed by atoms with Crippen molar-refractivity contribution in [3.05, 3.63) is 279 Å². The Balaban J connectivity index is 0.000000156. The van der Waals surface area contributed by atoms with Gasteiger partial charge in [0.05, 0.1) is 43.6 Å². The summed E-state index contributed by atoms with van der Waals surface area (Å²) in [5.74, 6) is 3.86. The highest BCUT2D eigenvalue weighted by Gasteiger charge is 2.35. The minimum absolute atomic E-state index is 0.131. The van der Waals surface area contributed by atoms with Crippen molar-refractivity contribution in [1.82, 2.24) is 0 Å². The van der Waals surface area contributed by atoms with Crippen molar-refractivity contribution in [3.63, 3.8) is 0 Å². The average Bonchev–Trinajstić information content (AvgIpc) is 3.53. The quantitative estimate of drug-likeness (QED) is 0.0634. The van der Waals surface area contributed by atoms with Crippen molar-refractivity contribution in [3.8, 4) is 0 Å². The van der Waals surface area contributed by atoms with Crippen LogP contribution in [0.25, 0.3) is 0 Å². The number of Topliss-reactive ketones (excluding diaryl/α,β-unsaturated/α-hetero) is 4. The Hall–Kier alpha value is -6.94. The molecular weight excluding hydrogens is 1070 g/mol. The Kier molecular flexibility index (Phi) is 25.2. The minimum atomic E-state index is -0.283. The topological polar surface area (TPSA) is 68.3 Å². The molecule has 412 valence electrons. The molecule has 0 aliphatic heterocycles. The van der Waals surface area contributed by atoms with Gasteiger partial charge in [0.1, 0.15) is 0 Å². The molecule has 0 unspecified atom stereocenters. The van der Waals surface area contributed by atoms with Crippen molar-refractivity contribution in [1.29, 1.82) is 0 Å². The van der Waals surface area contributed by atoms with Gasteiger partial charge in [0.2, 0.25) is 5.78 Å². The van der Waals surface area contributed by atoms with E-state index in [0.717, 1.165) is 18.4 Å². The molecule has 0 heterocycles. The summed E-state index contributed by atoms with van der Waals surface area (Å²) in [7, 11) is -0.672. The van der Waals surface area contributed by atoms with Crippen molar-refractivity contribution < 1.29 is 19.2 Å². The molecule has 0 aromatic heterocycles. The number of carbonyl (C=O) groups excluding carboxylic acids is 4. The van der Waals surface area contributed by atoms with E-state index in [1.807, 2.05) is 172 Å². The molecule has 0 radical (unpaired) electrons. The molecule has 1 aliphatic rings. The highest BCUT2D eigenvalue weighted by Crippen LogP contribution is 2.31. The first-order valence-electron chi connectivity index (χ1n) is 27.8. The predicted molar refractivity (Wildman–Crippen MR) is 344 cm³/mol. The van der Waals surface area contributed by atoms with Crippen LogP contribution in [0.1, 0.15) is 70.2 Å². The highest BCUT2D eigenvalue weighted by molar-refractivity contribution is 7.98. The van der Waals surface area contributed by atoms with Gasteiger partial charge < -0.3 is 0 Å². The molecular formula is C73H76O4S4+4. The summed E-state index contributed by atoms with van der Waals surface area (Å²) in [4.78, 5) is 59.1. The number of carbonyl (C=O) groups is 4. The summed E-state index contributed by atoms with van der Waals surface area (Å²) in [6, 6.07) is 92.3. The lowest BCUT2D eigenvalue weighted by molar-refractivity contribution is -0.123. The third-order valence-electron chi connectivity index (χ3n) is 13.4. The molecule has 0 amide bonds. The lowest BCUT2D eigenvalue weighted by atomic mass is 9.87. The molecule has 8 heteroatoms. The first kappa shape index (κ1) is 61.7. The zero-order valence-electron chi connectivity index (χ0n) is 47.2. The van der Waals surface area contributed by atoms with Crippen LogP contribution in [-0.4, -0.2) is 46.1 Å². The van der Waals surface area contributed by atoms with Crippen LogP contribution in [0.15, 0.2) is 312 Å². The highest BCUT2D eigenvalue weighted by atomic mass is 32.2.